The molecule has 1 aliphatic rings. The van der Waals surface area contributed by atoms with Gasteiger partial charge in [0.25, 0.3) is 0 Å². The summed E-state index contributed by atoms with van der Waals surface area (Å²) in [5, 5.41) is 0. The molecule has 1 saturated carbocycles. The number of nitrogens with two attached hydrogens (primary N) is 1. The summed E-state index contributed by atoms with van der Waals surface area (Å²) in [6.45, 7) is 12.5. The molecule has 1 atom stereocenters. The molecule has 0 spiro atoms. The highest BCUT2D eigenvalue weighted by Crippen LogP contribution is 2.47. The van der Waals surface area contributed by atoms with E-state index in [0.29, 0.717) is 5.41 Å². The fourth-order valence-corrected chi connectivity index (χ4v) is 3.12. The first-order valence-electron chi connectivity index (χ1n) is 6.63. The van der Waals surface area contributed by atoms with Crippen LogP contribution >= 0.6 is 0 Å². The van der Waals surface area contributed by atoms with Gasteiger partial charge in [-0.05, 0) is 52.0 Å². The minimum Gasteiger partial charge on any atom is -0.329 e. The van der Waals surface area contributed by atoms with Gasteiger partial charge in [-0.15, -0.1) is 0 Å². The molecule has 0 radical (unpaired) electrons. The second-order valence-corrected chi connectivity index (χ2v) is 6.99. The average molecular weight is 226 g/mol. The fourth-order valence-electron chi connectivity index (χ4n) is 3.12. The molecule has 0 saturated heterocycles. The summed E-state index contributed by atoms with van der Waals surface area (Å²) >= 11 is 0. The molecule has 16 heavy (non-hydrogen) atoms. The Morgan fingerprint density at radius 3 is 2.12 bits per heavy atom. The molecule has 0 aromatic carbocycles. The van der Waals surface area contributed by atoms with Gasteiger partial charge in [0.05, 0.1) is 0 Å². The van der Waals surface area contributed by atoms with Gasteiger partial charge in [-0.1, -0.05) is 20.8 Å². The third-order valence-electron chi connectivity index (χ3n) is 4.94. The van der Waals surface area contributed by atoms with Gasteiger partial charge in [0.2, 0.25) is 0 Å². The van der Waals surface area contributed by atoms with E-state index >= 15 is 0 Å². The molecule has 1 rings (SSSR count). The zero-order chi connectivity index (χ0) is 12.6. The molecular formula is C14H30N2. The van der Waals surface area contributed by atoms with Gasteiger partial charge in [-0.3, -0.25) is 4.90 Å². The molecule has 0 heterocycles. The van der Waals surface area contributed by atoms with Crippen molar-refractivity contribution in [3.8, 4) is 0 Å². The van der Waals surface area contributed by atoms with Crippen molar-refractivity contribution in [3.05, 3.63) is 0 Å². The van der Waals surface area contributed by atoms with Gasteiger partial charge < -0.3 is 5.73 Å². The zero-order valence-electron chi connectivity index (χ0n) is 12.1. The number of hydrogen-bond donors (Lipinski definition) is 1. The maximum atomic E-state index is 6.10. The van der Waals surface area contributed by atoms with Crippen molar-refractivity contribution in [2.45, 2.75) is 71.4 Å². The molecule has 1 fully saturated rings. The van der Waals surface area contributed by atoms with E-state index in [4.69, 9.17) is 5.73 Å². The van der Waals surface area contributed by atoms with Crippen LogP contribution in [-0.2, 0) is 0 Å². The van der Waals surface area contributed by atoms with Crippen molar-refractivity contribution in [1.29, 1.82) is 0 Å². The Labute approximate surface area is 102 Å². The minimum atomic E-state index is 0.225. The van der Waals surface area contributed by atoms with Gasteiger partial charge in [-0.25, -0.2) is 0 Å². The third kappa shape index (κ3) is 2.43. The predicted octanol–water partition coefficient (Wildman–Crippen LogP) is 3.01. The lowest BCUT2D eigenvalue weighted by Gasteiger charge is -2.48. The first kappa shape index (κ1) is 14.0. The second kappa shape index (κ2) is 4.30. The lowest BCUT2D eigenvalue weighted by atomic mass is 9.84. The van der Waals surface area contributed by atoms with E-state index in [2.05, 4.69) is 46.6 Å². The zero-order valence-corrected chi connectivity index (χ0v) is 12.1. The second-order valence-electron chi connectivity index (χ2n) is 6.99. The van der Waals surface area contributed by atoms with E-state index in [1.807, 2.05) is 0 Å². The Morgan fingerprint density at radius 1 is 1.25 bits per heavy atom. The fraction of sp³-hybridized carbons (Fsp3) is 1.00. The van der Waals surface area contributed by atoms with E-state index in [-0.39, 0.29) is 11.1 Å². The largest absolute Gasteiger partial charge is 0.329 e. The molecule has 2 nitrogen and oxygen atoms in total. The quantitative estimate of drug-likeness (QED) is 0.798. The maximum Gasteiger partial charge on any atom is 0.0339 e. The highest BCUT2D eigenvalue weighted by molar-refractivity contribution is 5.04. The monoisotopic (exact) mass is 226 g/mol. The summed E-state index contributed by atoms with van der Waals surface area (Å²) in [5.74, 6) is 0. The topological polar surface area (TPSA) is 29.3 Å². The number of likely N-dealkylation sites (N-methyl/N-ethyl adjacent to an activating group) is 1. The van der Waals surface area contributed by atoms with Gasteiger partial charge in [-0.2, -0.15) is 0 Å². The third-order valence-corrected chi connectivity index (χ3v) is 4.94. The van der Waals surface area contributed by atoms with Crippen molar-refractivity contribution in [2.24, 2.45) is 11.1 Å². The van der Waals surface area contributed by atoms with Crippen LogP contribution in [0.3, 0.4) is 0 Å². The standard InChI is InChI=1S/C14H30N2/c1-7-13(4,5)16(6)14(11-15)9-8-12(2,3)10-14/h7-11,15H2,1-6H3. The van der Waals surface area contributed by atoms with Crippen molar-refractivity contribution in [2.75, 3.05) is 13.6 Å². The van der Waals surface area contributed by atoms with Crippen LogP contribution in [0, 0.1) is 5.41 Å². The van der Waals surface area contributed by atoms with Crippen LogP contribution in [0.2, 0.25) is 0 Å². The SMILES string of the molecule is CCC(C)(C)N(C)C1(CN)CCC(C)(C)C1. The molecule has 1 aliphatic carbocycles. The number of rotatable bonds is 4. The van der Waals surface area contributed by atoms with Gasteiger partial charge in [0, 0.05) is 17.6 Å². The molecule has 0 amide bonds. The van der Waals surface area contributed by atoms with E-state index in [1.54, 1.807) is 0 Å². The lowest BCUT2D eigenvalue weighted by Crippen LogP contribution is -2.58. The first-order chi connectivity index (χ1) is 7.19. The van der Waals surface area contributed by atoms with Gasteiger partial charge in [0.15, 0.2) is 0 Å². The van der Waals surface area contributed by atoms with Crippen LogP contribution in [0.1, 0.15) is 60.3 Å². The van der Waals surface area contributed by atoms with E-state index in [9.17, 15) is 0 Å². The molecule has 0 aliphatic heterocycles. The van der Waals surface area contributed by atoms with E-state index in [1.165, 1.54) is 25.7 Å². The van der Waals surface area contributed by atoms with Crippen molar-refractivity contribution < 1.29 is 0 Å². The Balaban J connectivity index is 2.91. The highest BCUT2D eigenvalue weighted by Gasteiger charge is 2.48. The molecule has 1 unspecified atom stereocenters. The van der Waals surface area contributed by atoms with Crippen molar-refractivity contribution >= 4 is 0 Å². The van der Waals surface area contributed by atoms with Crippen LogP contribution in [0.15, 0.2) is 0 Å². The smallest absolute Gasteiger partial charge is 0.0339 e. The minimum absolute atomic E-state index is 0.225. The summed E-state index contributed by atoms with van der Waals surface area (Å²) < 4.78 is 0. The van der Waals surface area contributed by atoms with Crippen molar-refractivity contribution in [1.82, 2.24) is 4.90 Å². The Morgan fingerprint density at radius 2 is 1.81 bits per heavy atom. The number of hydrogen-bond acceptors (Lipinski definition) is 2. The molecule has 2 heteroatoms. The number of nitrogens with zero attached hydrogens (tertiary/aromatic N) is 1. The van der Waals surface area contributed by atoms with Crippen LogP contribution < -0.4 is 5.73 Å². The molecule has 0 bridgehead atoms. The van der Waals surface area contributed by atoms with Gasteiger partial charge in [0.1, 0.15) is 0 Å². The molecule has 2 N–H and O–H groups in total. The summed E-state index contributed by atoms with van der Waals surface area (Å²) in [7, 11) is 2.26. The highest BCUT2D eigenvalue weighted by atomic mass is 15.2. The lowest BCUT2D eigenvalue weighted by molar-refractivity contribution is 0.0213. The Hall–Kier alpha value is -0.0800. The predicted molar refractivity (Wildman–Crippen MR) is 71.6 cm³/mol. The molecular weight excluding hydrogens is 196 g/mol. The maximum absolute atomic E-state index is 6.10. The van der Waals surface area contributed by atoms with E-state index < -0.39 is 0 Å². The summed E-state index contributed by atoms with van der Waals surface area (Å²) in [4.78, 5) is 2.55. The van der Waals surface area contributed by atoms with E-state index in [0.717, 1.165) is 6.54 Å². The van der Waals surface area contributed by atoms with Crippen LogP contribution in [0.5, 0.6) is 0 Å². The first-order valence-corrected chi connectivity index (χ1v) is 6.63. The van der Waals surface area contributed by atoms with Crippen LogP contribution in [0.25, 0.3) is 0 Å². The van der Waals surface area contributed by atoms with Crippen LogP contribution in [-0.4, -0.2) is 29.6 Å². The van der Waals surface area contributed by atoms with Crippen LogP contribution in [0.4, 0.5) is 0 Å². The average Bonchev–Trinajstić information content (AvgIpc) is 2.54. The summed E-state index contributed by atoms with van der Waals surface area (Å²) in [6, 6.07) is 0. The summed E-state index contributed by atoms with van der Waals surface area (Å²) in [5.41, 5.74) is 7.03. The normalized spacial score (nSPS) is 30.0. The Bertz CT molecular complexity index is 245. The van der Waals surface area contributed by atoms with Gasteiger partial charge >= 0.3 is 0 Å². The Kier molecular flexibility index (Phi) is 3.76. The molecule has 96 valence electrons. The molecule has 0 aromatic heterocycles. The summed E-state index contributed by atoms with van der Waals surface area (Å²) in [6.07, 6.45) is 4.95. The molecule has 0 aromatic rings. The van der Waals surface area contributed by atoms with Crippen molar-refractivity contribution in [3.63, 3.8) is 0 Å².